The third-order valence-electron chi connectivity index (χ3n) is 3.62. The standard InChI is InChI=1S/C17H13ClN2O3/c1-23-17(22)15-14(10-5-3-2-4-6-10)13-9-11(18)7-8-12(13)16(21)20(15)19/h2-9H,19H2,1H3. The molecule has 0 atom stereocenters. The van der Waals surface area contributed by atoms with Crippen molar-refractivity contribution in [1.29, 1.82) is 0 Å². The van der Waals surface area contributed by atoms with Crippen LogP contribution in [0.3, 0.4) is 0 Å². The Morgan fingerprint density at radius 1 is 1.13 bits per heavy atom. The molecule has 6 heteroatoms. The van der Waals surface area contributed by atoms with Gasteiger partial charge in [-0.1, -0.05) is 41.9 Å². The van der Waals surface area contributed by atoms with Crippen molar-refractivity contribution >= 4 is 28.3 Å². The van der Waals surface area contributed by atoms with Gasteiger partial charge in [0.1, 0.15) is 0 Å². The lowest BCUT2D eigenvalue weighted by Gasteiger charge is -2.15. The third kappa shape index (κ3) is 2.45. The molecular weight excluding hydrogens is 316 g/mol. The number of hydrogen-bond acceptors (Lipinski definition) is 4. The summed E-state index contributed by atoms with van der Waals surface area (Å²) in [6, 6.07) is 14.0. The minimum atomic E-state index is -0.690. The molecule has 3 rings (SSSR count). The predicted molar refractivity (Wildman–Crippen MR) is 90.1 cm³/mol. The average molecular weight is 329 g/mol. The Labute approximate surface area is 136 Å². The van der Waals surface area contributed by atoms with Crippen molar-refractivity contribution in [2.75, 3.05) is 13.0 Å². The van der Waals surface area contributed by atoms with E-state index in [2.05, 4.69) is 0 Å². The van der Waals surface area contributed by atoms with E-state index in [9.17, 15) is 9.59 Å². The van der Waals surface area contributed by atoms with Gasteiger partial charge in [0, 0.05) is 16.0 Å². The van der Waals surface area contributed by atoms with E-state index in [1.54, 1.807) is 18.2 Å². The van der Waals surface area contributed by atoms with Crippen LogP contribution in [0.25, 0.3) is 21.9 Å². The van der Waals surface area contributed by atoms with Crippen molar-refractivity contribution in [1.82, 2.24) is 4.68 Å². The normalized spacial score (nSPS) is 10.7. The molecule has 0 amide bonds. The highest BCUT2D eigenvalue weighted by Gasteiger charge is 2.23. The molecule has 0 bridgehead atoms. The third-order valence-corrected chi connectivity index (χ3v) is 3.85. The van der Waals surface area contributed by atoms with Crippen LogP contribution in [0.5, 0.6) is 0 Å². The highest BCUT2D eigenvalue weighted by Crippen LogP contribution is 2.32. The molecule has 1 heterocycles. The number of esters is 1. The molecule has 0 unspecified atom stereocenters. The van der Waals surface area contributed by atoms with Crippen LogP contribution in [0.15, 0.2) is 53.3 Å². The van der Waals surface area contributed by atoms with Gasteiger partial charge in [-0.2, -0.15) is 0 Å². The smallest absolute Gasteiger partial charge is 0.357 e. The number of methoxy groups -OCH3 is 1. The van der Waals surface area contributed by atoms with Gasteiger partial charge in [0.25, 0.3) is 5.56 Å². The molecule has 0 aliphatic rings. The Morgan fingerprint density at radius 3 is 2.48 bits per heavy atom. The van der Waals surface area contributed by atoms with Crippen LogP contribution in [0.2, 0.25) is 5.02 Å². The van der Waals surface area contributed by atoms with Crippen molar-refractivity contribution in [2.24, 2.45) is 0 Å². The number of aromatic nitrogens is 1. The van der Waals surface area contributed by atoms with E-state index in [1.165, 1.54) is 7.11 Å². The zero-order valence-electron chi connectivity index (χ0n) is 12.2. The minimum Gasteiger partial charge on any atom is -0.464 e. The zero-order valence-corrected chi connectivity index (χ0v) is 13.0. The van der Waals surface area contributed by atoms with Gasteiger partial charge in [0.2, 0.25) is 0 Å². The molecule has 0 fully saturated rings. The van der Waals surface area contributed by atoms with Crippen LogP contribution >= 0.6 is 11.6 Å². The van der Waals surface area contributed by atoms with Gasteiger partial charge in [0.15, 0.2) is 5.69 Å². The second-order valence-corrected chi connectivity index (χ2v) is 5.38. The molecule has 0 aliphatic carbocycles. The molecule has 0 saturated carbocycles. The van der Waals surface area contributed by atoms with Crippen molar-refractivity contribution in [3.63, 3.8) is 0 Å². The molecular formula is C17H13ClN2O3. The minimum absolute atomic E-state index is 0.0153. The Balaban J connectivity index is 2.56. The molecule has 5 nitrogen and oxygen atoms in total. The fraction of sp³-hybridized carbons (Fsp3) is 0.0588. The summed E-state index contributed by atoms with van der Waals surface area (Å²) < 4.78 is 5.63. The van der Waals surface area contributed by atoms with E-state index in [-0.39, 0.29) is 5.69 Å². The Hall–Kier alpha value is -2.79. The van der Waals surface area contributed by atoms with Crippen LogP contribution in [0.1, 0.15) is 10.5 Å². The second kappa shape index (κ2) is 5.78. The number of halogens is 1. The van der Waals surface area contributed by atoms with Crippen LogP contribution in [0, 0.1) is 0 Å². The lowest BCUT2D eigenvalue weighted by molar-refractivity contribution is 0.0590. The number of fused-ring (bicyclic) bond motifs is 1. The lowest BCUT2D eigenvalue weighted by Crippen LogP contribution is -2.33. The predicted octanol–water partition coefficient (Wildman–Crippen LogP) is 2.82. The van der Waals surface area contributed by atoms with Crippen LogP contribution in [0.4, 0.5) is 0 Å². The van der Waals surface area contributed by atoms with Crippen molar-refractivity contribution < 1.29 is 9.53 Å². The summed E-state index contributed by atoms with van der Waals surface area (Å²) in [6.07, 6.45) is 0. The van der Waals surface area contributed by atoms with E-state index >= 15 is 0 Å². The first-order valence-corrected chi connectivity index (χ1v) is 7.19. The van der Waals surface area contributed by atoms with Gasteiger partial charge < -0.3 is 10.6 Å². The molecule has 3 aromatic rings. The number of benzene rings is 2. The van der Waals surface area contributed by atoms with Crippen molar-refractivity contribution in [3.8, 4) is 11.1 Å². The summed E-state index contributed by atoms with van der Waals surface area (Å²) in [7, 11) is 1.24. The fourth-order valence-electron chi connectivity index (χ4n) is 2.58. The molecule has 1 aromatic heterocycles. The van der Waals surface area contributed by atoms with Crippen molar-refractivity contribution in [3.05, 3.63) is 69.6 Å². The molecule has 2 aromatic carbocycles. The number of rotatable bonds is 2. The number of nitrogens with two attached hydrogens (primary N) is 1. The maximum atomic E-state index is 12.5. The van der Waals surface area contributed by atoms with E-state index in [0.29, 0.717) is 21.4 Å². The Bertz CT molecular complexity index is 965. The lowest BCUT2D eigenvalue weighted by atomic mass is 9.97. The first-order chi connectivity index (χ1) is 11.0. The topological polar surface area (TPSA) is 74.3 Å². The highest BCUT2D eigenvalue weighted by atomic mass is 35.5. The maximum absolute atomic E-state index is 12.5. The number of carbonyl (C=O) groups is 1. The maximum Gasteiger partial charge on any atom is 0.357 e. The van der Waals surface area contributed by atoms with Gasteiger partial charge in [-0.25, -0.2) is 9.47 Å². The van der Waals surface area contributed by atoms with Gasteiger partial charge in [-0.3, -0.25) is 4.79 Å². The summed E-state index contributed by atoms with van der Waals surface area (Å²) in [5.41, 5.74) is 0.742. The van der Waals surface area contributed by atoms with Crippen LogP contribution in [-0.4, -0.2) is 17.8 Å². The van der Waals surface area contributed by atoms with E-state index in [0.717, 1.165) is 10.2 Å². The van der Waals surface area contributed by atoms with Crippen LogP contribution in [-0.2, 0) is 4.74 Å². The van der Waals surface area contributed by atoms with E-state index in [4.69, 9.17) is 22.2 Å². The van der Waals surface area contributed by atoms with Gasteiger partial charge in [-0.05, 0) is 29.1 Å². The van der Waals surface area contributed by atoms with Gasteiger partial charge in [-0.15, -0.1) is 0 Å². The number of pyridine rings is 1. The van der Waals surface area contributed by atoms with Crippen LogP contribution < -0.4 is 11.4 Å². The van der Waals surface area contributed by atoms with Gasteiger partial charge >= 0.3 is 5.97 Å². The molecule has 2 N–H and O–H groups in total. The Kier molecular flexibility index (Phi) is 3.80. The number of nitrogens with zero attached hydrogens (tertiary/aromatic N) is 1. The molecule has 23 heavy (non-hydrogen) atoms. The summed E-state index contributed by atoms with van der Waals surface area (Å²) in [5, 5.41) is 1.39. The molecule has 0 saturated heterocycles. The molecule has 0 spiro atoms. The fourth-order valence-corrected chi connectivity index (χ4v) is 2.76. The van der Waals surface area contributed by atoms with Gasteiger partial charge in [0.05, 0.1) is 7.11 Å². The molecule has 116 valence electrons. The van der Waals surface area contributed by atoms with Crippen molar-refractivity contribution in [2.45, 2.75) is 0 Å². The first kappa shape index (κ1) is 15.1. The summed E-state index contributed by atoms with van der Waals surface area (Å²) in [6.45, 7) is 0. The second-order valence-electron chi connectivity index (χ2n) is 4.95. The number of ether oxygens (including phenoxy) is 1. The largest absolute Gasteiger partial charge is 0.464 e. The quantitative estimate of drug-likeness (QED) is 0.580. The SMILES string of the molecule is COC(=O)c1c(-c2ccccc2)c2cc(Cl)ccc2c(=O)n1N. The number of carbonyl (C=O) groups excluding carboxylic acids is 1. The summed E-state index contributed by atoms with van der Waals surface area (Å²) >= 11 is 6.08. The number of nitrogen functional groups attached to an aromatic ring is 1. The monoisotopic (exact) mass is 328 g/mol. The summed E-state index contributed by atoms with van der Waals surface area (Å²) in [5.74, 6) is 5.18. The highest BCUT2D eigenvalue weighted by molar-refractivity contribution is 6.31. The van der Waals surface area contributed by atoms with E-state index in [1.807, 2.05) is 30.3 Å². The van der Waals surface area contributed by atoms with E-state index < -0.39 is 11.5 Å². The molecule has 0 aliphatic heterocycles. The number of hydrogen-bond donors (Lipinski definition) is 1. The zero-order chi connectivity index (χ0) is 16.6. The first-order valence-electron chi connectivity index (χ1n) is 6.81. The summed E-state index contributed by atoms with van der Waals surface area (Å²) in [4.78, 5) is 24.7. The molecule has 0 radical (unpaired) electrons. The average Bonchev–Trinajstić information content (AvgIpc) is 2.57. The Morgan fingerprint density at radius 2 is 1.83 bits per heavy atom.